The van der Waals surface area contributed by atoms with Crippen LogP contribution in [0, 0.1) is 0 Å². The van der Waals surface area contributed by atoms with Gasteiger partial charge >= 0.3 is 0 Å². The zero-order valence-electron chi connectivity index (χ0n) is 10.3. The Balaban J connectivity index is 2.11. The molecule has 0 heterocycles. The molecule has 0 aromatic heterocycles. The lowest BCUT2D eigenvalue weighted by Crippen LogP contribution is -2.27. The molecule has 0 saturated heterocycles. The molecule has 0 unspecified atom stereocenters. The van der Waals surface area contributed by atoms with Gasteiger partial charge in [-0.2, -0.15) is 0 Å². The molecule has 0 aliphatic carbocycles. The van der Waals surface area contributed by atoms with E-state index >= 15 is 0 Å². The zero-order valence-corrected chi connectivity index (χ0v) is 10.3. The van der Waals surface area contributed by atoms with Crippen molar-refractivity contribution in [3.8, 4) is 0 Å². The Morgan fingerprint density at radius 3 is 2.33 bits per heavy atom. The van der Waals surface area contributed by atoms with Crippen molar-refractivity contribution in [2.45, 2.75) is 13.0 Å². The van der Waals surface area contributed by atoms with E-state index in [4.69, 9.17) is 5.73 Å². The van der Waals surface area contributed by atoms with E-state index in [0.717, 1.165) is 5.56 Å². The number of hydrogen-bond donors (Lipinski definition) is 2. The lowest BCUT2D eigenvalue weighted by molar-refractivity contribution is 0.0941. The molecule has 1 amide bonds. The van der Waals surface area contributed by atoms with Crippen molar-refractivity contribution in [1.82, 2.24) is 5.32 Å². The predicted molar refractivity (Wildman–Crippen MR) is 73.2 cm³/mol. The highest BCUT2D eigenvalue weighted by Gasteiger charge is 2.12. The Kier molecular flexibility index (Phi) is 3.63. The Bertz CT molecular complexity index is 537. The molecule has 3 nitrogen and oxygen atoms in total. The van der Waals surface area contributed by atoms with Gasteiger partial charge in [0, 0.05) is 5.69 Å². The summed E-state index contributed by atoms with van der Waals surface area (Å²) in [6.07, 6.45) is 0. The number of carbonyl (C=O) groups excluding carboxylic acids is 1. The van der Waals surface area contributed by atoms with Crippen molar-refractivity contribution < 1.29 is 4.79 Å². The molecule has 0 saturated carbocycles. The van der Waals surface area contributed by atoms with Crippen molar-refractivity contribution in [3.63, 3.8) is 0 Å². The second-order valence-corrected chi connectivity index (χ2v) is 4.19. The fourth-order valence-corrected chi connectivity index (χ4v) is 1.80. The highest BCUT2D eigenvalue weighted by atomic mass is 16.1. The molecule has 3 N–H and O–H groups in total. The SMILES string of the molecule is C[C@@H](NC(=O)c1ccccc1N)c1ccccc1. The minimum Gasteiger partial charge on any atom is -0.398 e. The topological polar surface area (TPSA) is 55.1 Å². The molecule has 92 valence electrons. The molecule has 0 radical (unpaired) electrons. The zero-order chi connectivity index (χ0) is 13.0. The molecule has 3 heteroatoms. The standard InChI is InChI=1S/C15H16N2O/c1-11(12-7-3-2-4-8-12)17-15(18)13-9-5-6-10-14(13)16/h2-11H,16H2,1H3,(H,17,18)/t11-/m1/s1. The number of nitrogens with two attached hydrogens (primary N) is 1. The van der Waals surface area contributed by atoms with E-state index in [1.54, 1.807) is 18.2 Å². The van der Waals surface area contributed by atoms with E-state index in [9.17, 15) is 4.79 Å². The maximum Gasteiger partial charge on any atom is 0.253 e. The lowest BCUT2D eigenvalue weighted by atomic mass is 10.1. The van der Waals surface area contributed by atoms with E-state index in [-0.39, 0.29) is 11.9 Å². The fourth-order valence-electron chi connectivity index (χ4n) is 1.80. The van der Waals surface area contributed by atoms with E-state index in [2.05, 4.69) is 5.32 Å². The molecule has 1 atom stereocenters. The first-order valence-corrected chi connectivity index (χ1v) is 5.89. The first kappa shape index (κ1) is 12.2. The van der Waals surface area contributed by atoms with Gasteiger partial charge in [0.05, 0.1) is 11.6 Å². The second kappa shape index (κ2) is 5.36. The number of nitrogen functional groups attached to an aromatic ring is 1. The average Bonchev–Trinajstić information content (AvgIpc) is 2.40. The average molecular weight is 240 g/mol. The van der Waals surface area contributed by atoms with E-state index in [0.29, 0.717) is 11.3 Å². The first-order valence-electron chi connectivity index (χ1n) is 5.89. The number of para-hydroxylation sites is 1. The van der Waals surface area contributed by atoms with Gasteiger partial charge in [0.2, 0.25) is 0 Å². The summed E-state index contributed by atoms with van der Waals surface area (Å²) in [6, 6.07) is 16.9. The van der Waals surface area contributed by atoms with Gasteiger partial charge in [0.15, 0.2) is 0 Å². The Labute approximate surface area is 107 Å². The van der Waals surface area contributed by atoms with Crippen LogP contribution in [0.4, 0.5) is 5.69 Å². The molecule has 0 fully saturated rings. The molecule has 18 heavy (non-hydrogen) atoms. The Morgan fingerprint density at radius 2 is 1.67 bits per heavy atom. The van der Waals surface area contributed by atoms with Crippen LogP contribution in [0.5, 0.6) is 0 Å². The van der Waals surface area contributed by atoms with Crippen LogP contribution in [-0.2, 0) is 0 Å². The highest BCUT2D eigenvalue weighted by Crippen LogP contribution is 2.15. The third-order valence-electron chi connectivity index (χ3n) is 2.85. The van der Waals surface area contributed by atoms with Crippen molar-refractivity contribution >= 4 is 11.6 Å². The number of benzene rings is 2. The summed E-state index contributed by atoms with van der Waals surface area (Å²) in [4.78, 5) is 12.1. The smallest absolute Gasteiger partial charge is 0.253 e. The summed E-state index contributed by atoms with van der Waals surface area (Å²) in [7, 11) is 0. The van der Waals surface area contributed by atoms with Gasteiger partial charge in [-0.15, -0.1) is 0 Å². The van der Waals surface area contributed by atoms with Gasteiger partial charge in [0.1, 0.15) is 0 Å². The molecule has 2 aromatic carbocycles. The van der Waals surface area contributed by atoms with Gasteiger partial charge in [-0.25, -0.2) is 0 Å². The molecule has 2 rings (SSSR count). The number of hydrogen-bond acceptors (Lipinski definition) is 2. The van der Waals surface area contributed by atoms with E-state index in [1.807, 2.05) is 43.3 Å². The quantitative estimate of drug-likeness (QED) is 0.810. The summed E-state index contributed by atoms with van der Waals surface area (Å²) < 4.78 is 0. The largest absolute Gasteiger partial charge is 0.398 e. The van der Waals surface area contributed by atoms with Crippen molar-refractivity contribution in [2.75, 3.05) is 5.73 Å². The number of carbonyl (C=O) groups is 1. The molecule has 0 spiro atoms. The third kappa shape index (κ3) is 2.69. The van der Waals surface area contributed by atoms with Gasteiger partial charge in [0.25, 0.3) is 5.91 Å². The maximum atomic E-state index is 12.1. The van der Waals surface area contributed by atoms with E-state index < -0.39 is 0 Å². The van der Waals surface area contributed by atoms with Crippen LogP contribution in [0.15, 0.2) is 54.6 Å². The third-order valence-corrected chi connectivity index (χ3v) is 2.85. The van der Waals surface area contributed by atoms with Crippen LogP contribution in [0.25, 0.3) is 0 Å². The van der Waals surface area contributed by atoms with Crippen molar-refractivity contribution in [2.24, 2.45) is 0 Å². The van der Waals surface area contributed by atoms with Gasteiger partial charge < -0.3 is 11.1 Å². The molecular formula is C15H16N2O. The second-order valence-electron chi connectivity index (χ2n) is 4.19. The van der Waals surface area contributed by atoms with E-state index in [1.165, 1.54) is 0 Å². The lowest BCUT2D eigenvalue weighted by Gasteiger charge is -2.15. The summed E-state index contributed by atoms with van der Waals surface area (Å²) >= 11 is 0. The normalized spacial score (nSPS) is 11.8. The van der Waals surface area contributed by atoms with Crippen LogP contribution in [0.2, 0.25) is 0 Å². The van der Waals surface area contributed by atoms with Crippen LogP contribution in [-0.4, -0.2) is 5.91 Å². The van der Waals surface area contributed by atoms with Gasteiger partial charge in [-0.3, -0.25) is 4.79 Å². The highest BCUT2D eigenvalue weighted by molar-refractivity contribution is 5.99. The predicted octanol–water partition coefficient (Wildman–Crippen LogP) is 2.76. The maximum absolute atomic E-state index is 12.1. The van der Waals surface area contributed by atoms with Crippen LogP contribution in [0.1, 0.15) is 28.9 Å². The minimum atomic E-state index is -0.149. The Hall–Kier alpha value is -2.29. The molecule has 2 aromatic rings. The molecule has 0 aliphatic heterocycles. The monoisotopic (exact) mass is 240 g/mol. The number of nitrogens with one attached hydrogen (secondary N) is 1. The summed E-state index contributed by atoms with van der Waals surface area (Å²) in [5.74, 6) is -0.149. The Morgan fingerprint density at radius 1 is 1.06 bits per heavy atom. The van der Waals surface area contributed by atoms with Crippen LogP contribution in [0.3, 0.4) is 0 Å². The van der Waals surface area contributed by atoms with Crippen molar-refractivity contribution in [3.05, 3.63) is 65.7 Å². The summed E-state index contributed by atoms with van der Waals surface area (Å²) in [5, 5.41) is 2.93. The first-order chi connectivity index (χ1) is 8.68. The molecule has 0 aliphatic rings. The van der Waals surface area contributed by atoms with Crippen molar-refractivity contribution in [1.29, 1.82) is 0 Å². The van der Waals surface area contributed by atoms with Crippen LogP contribution < -0.4 is 11.1 Å². The fraction of sp³-hybridized carbons (Fsp3) is 0.133. The number of rotatable bonds is 3. The molecule has 0 bridgehead atoms. The summed E-state index contributed by atoms with van der Waals surface area (Å²) in [5.41, 5.74) is 7.85. The minimum absolute atomic E-state index is 0.0432. The van der Waals surface area contributed by atoms with Gasteiger partial charge in [-0.1, -0.05) is 42.5 Å². The van der Waals surface area contributed by atoms with Gasteiger partial charge in [-0.05, 0) is 24.6 Å². The summed E-state index contributed by atoms with van der Waals surface area (Å²) in [6.45, 7) is 1.95. The molecular weight excluding hydrogens is 224 g/mol. The van der Waals surface area contributed by atoms with Crippen LogP contribution >= 0.6 is 0 Å². The number of amides is 1. The number of anilines is 1.